The maximum atomic E-state index is 6.51. The zero-order valence-corrected chi connectivity index (χ0v) is 12.8. The maximum Gasteiger partial charge on any atom is 0.120 e. The van der Waals surface area contributed by atoms with Crippen molar-refractivity contribution >= 4 is 11.6 Å². The normalized spacial score (nSPS) is 30.9. The van der Waals surface area contributed by atoms with Crippen molar-refractivity contribution in [2.24, 2.45) is 5.41 Å². The molecule has 20 heavy (non-hydrogen) atoms. The van der Waals surface area contributed by atoms with Crippen LogP contribution in [0, 0.1) is 5.41 Å². The first-order valence-corrected chi connectivity index (χ1v) is 8.64. The van der Waals surface area contributed by atoms with Crippen LogP contribution in [0.15, 0.2) is 18.2 Å². The fraction of sp³-hybridized carbons (Fsp3) is 0.667. The molecule has 0 aromatic heterocycles. The van der Waals surface area contributed by atoms with E-state index in [0.717, 1.165) is 12.2 Å². The van der Waals surface area contributed by atoms with Gasteiger partial charge in [-0.15, -0.1) is 11.6 Å². The Morgan fingerprint density at radius 2 is 1.75 bits per heavy atom. The number of rotatable bonds is 2. The van der Waals surface area contributed by atoms with Crippen molar-refractivity contribution in [1.82, 2.24) is 0 Å². The zero-order valence-electron chi connectivity index (χ0n) is 12.0. The van der Waals surface area contributed by atoms with Crippen molar-refractivity contribution in [1.29, 1.82) is 0 Å². The van der Waals surface area contributed by atoms with Crippen LogP contribution in [0.3, 0.4) is 0 Å². The Hall–Kier alpha value is -0.690. The third-order valence-corrected chi connectivity index (χ3v) is 6.43. The van der Waals surface area contributed by atoms with E-state index in [2.05, 4.69) is 18.2 Å². The number of alkyl halides is 1. The third kappa shape index (κ3) is 1.97. The number of aryl methyl sites for hydroxylation is 2. The number of benzene rings is 1. The Bertz CT molecular complexity index is 504. The van der Waals surface area contributed by atoms with E-state index in [1.165, 1.54) is 62.5 Å². The summed E-state index contributed by atoms with van der Waals surface area (Å²) in [5.41, 5.74) is 3.33. The molecule has 1 aromatic carbocycles. The number of hydrogen-bond donors (Lipinski definition) is 0. The second-order valence-corrected chi connectivity index (χ2v) is 7.41. The van der Waals surface area contributed by atoms with Gasteiger partial charge in [-0.3, -0.25) is 0 Å². The summed E-state index contributed by atoms with van der Waals surface area (Å²) in [6, 6.07) is 6.75. The summed E-state index contributed by atoms with van der Waals surface area (Å²) in [6.45, 7) is 0. The average Bonchev–Trinajstić information content (AvgIpc) is 2.99. The summed E-state index contributed by atoms with van der Waals surface area (Å²) in [5.74, 6) is 1.07. The molecule has 3 aliphatic rings. The Morgan fingerprint density at radius 3 is 2.50 bits per heavy atom. The highest BCUT2D eigenvalue weighted by molar-refractivity contribution is 6.21. The largest absolute Gasteiger partial charge is 0.490 e. The molecular weight excluding hydrogens is 268 g/mol. The van der Waals surface area contributed by atoms with Gasteiger partial charge in [0.2, 0.25) is 0 Å². The molecule has 2 atom stereocenters. The first-order chi connectivity index (χ1) is 9.78. The summed E-state index contributed by atoms with van der Waals surface area (Å²) in [6.07, 6.45) is 11.7. The van der Waals surface area contributed by atoms with Crippen LogP contribution in [-0.4, -0.2) is 11.5 Å². The van der Waals surface area contributed by atoms with Gasteiger partial charge in [0.05, 0.1) is 0 Å². The van der Waals surface area contributed by atoms with Crippen LogP contribution < -0.4 is 4.74 Å². The second kappa shape index (κ2) is 4.94. The predicted octanol–water partition coefficient (Wildman–Crippen LogP) is 4.88. The molecule has 0 heterocycles. The van der Waals surface area contributed by atoms with Crippen molar-refractivity contribution in [3.63, 3.8) is 0 Å². The van der Waals surface area contributed by atoms with Gasteiger partial charge in [0, 0.05) is 17.2 Å². The van der Waals surface area contributed by atoms with Gasteiger partial charge >= 0.3 is 0 Å². The van der Waals surface area contributed by atoms with Gasteiger partial charge in [0.25, 0.3) is 0 Å². The van der Waals surface area contributed by atoms with Crippen molar-refractivity contribution in [3.05, 3.63) is 29.3 Å². The van der Waals surface area contributed by atoms with Crippen LogP contribution in [0.2, 0.25) is 0 Å². The Balaban J connectivity index is 1.52. The molecule has 4 rings (SSSR count). The molecule has 3 aliphatic carbocycles. The van der Waals surface area contributed by atoms with Crippen LogP contribution in [0.1, 0.15) is 56.1 Å². The molecule has 0 saturated heterocycles. The molecule has 0 N–H and O–H groups in total. The van der Waals surface area contributed by atoms with Crippen molar-refractivity contribution in [2.45, 2.75) is 69.3 Å². The van der Waals surface area contributed by atoms with E-state index in [-0.39, 0.29) is 5.41 Å². The number of hydrogen-bond acceptors (Lipinski definition) is 1. The van der Waals surface area contributed by atoms with Crippen LogP contribution in [0.5, 0.6) is 5.75 Å². The Labute approximate surface area is 126 Å². The molecular formula is C18H23ClO. The number of fused-ring (bicyclic) bond motifs is 1. The Morgan fingerprint density at radius 1 is 1.00 bits per heavy atom. The Kier molecular flexibility index (Phi) is 3.22. The molecule has 0 radical (unpaired) electrons. The van der Waals surface area contributed by atoms with Crippen LogP contribution in [0.25, 0.3) is 0 Å². The highest BCUT2D eigenvalue weighted by Gasteiger charge is 2.56. The molecule has 2 heteroatoms. The standard InChI is InChI=1S/C18H23ClO/c19-16-12-17(18(16)9-3-4-10-18)20-15-8-7-13-5-1-2-6-14(13)11-15/h7-8,11,16-17H,1-6,9-10,12H2. The van der Waals surface area contributed by atoms with Crippen molar-refractivity contribution < 1.29 is 4.74 Å². The van der Waals surface area contributed by atoms with E-state index in [0.29, 0.717) is 11.5 Å². The number of halogens is 1. The minimum Gasteiger partial charge on any atom is -0.490 e. The molecule has 1 aromatic rings. The first-order valence-electron chi connectivity index (χ1n) is 8.20. The molecule has 1 nitrogen and oxygen atoms in total. The summed E-state index contributed by atoms with van der Waals surface area (Å²) in [4.78, 5) is 0. The fourth-order valence-corrected chi connectivity index (χ4v) is 5.00. The summed E-state index contributed by atoms with van der Waals surface area (Å²) >= 11 is 6.51. The van der Waals surface area contributed by atoms with E-state index in [9.17, 15) is 0 Å². The lowest BCUT2D eigenvalue weighted by Gasteiger charge is -2.51. The van der Waals surface area contributed by atoms with Gasteiger partial charge in [-0.1, -0.05) is 18.9 Å². The fourth-order valence-electron chi connectivity index (χ4n) is 4.48. The lowest BCUT2D eigenvalue weighted by atomic mass is 9.64. The number of ether oxygens (including phenoxy) is 1. The molecule has 2 saturated carbocycles. The van der Waals surface area contributed by atoms with Crippen LogP contribution in [0.4, 0.5) is 0 Å². The molecule has 0 bridgehead atoms. The highest BCUT2D eigenvalue weighted by Crippen LogP contribution is 2.57. The van der Waals surface area contributed by atoms with Crippen LogP contribution >= 0.6 is 11.6 Å². The monoisotopic (exact) mass is 290 g/mol. The van der Waals surface area contributed by atoms with E-state index in [1.54, 1.807) is 0 Å². The molecule has 2 fully saturated rings. The van der Waals surface area contributed by atoms with E-state index < -0.39 is 0 Å². The second-order valence-electron chi connectivity index (χ2n) is 6.89. The van der Waals surface area contributed by atoms with Gasteiger partial charge in [-0.2, -0.15) is 0 Å². The summed E-state index contributed by atoms with van der Waals surface area (Å²) < 4.78 is 6.34. The first kappa shape index (κ1) is 13.0. The van der Waals surface area contributed by atoms with Gasteiger partial charge < -0.3 is 4.74 Å². The van der Waals surface area contributed by atoms with Crippen molar-refractivity contribution in [2.75, 3.05) is 0 Å². The minimum atomic E-state index is 0.289. The van der Waals surface area contributed by atoms with Crippen LogP contribution in [-0.2, 0) is 12.8 Å². The van der Waals surface area contributed by atoms with E-state index in [4.69, 9.17) is 16.3 Å². The molecule has 0 amide bonds. The minimum absolute atomic E-state index is 0.289. The zero-order chi connectivity index (χ0) is 13.6. The molecule has 2 unspecified atom stereocenters. The van der Waals surface area contributed by atoms with Gasteiger partial charge in [0.15, 0.2) is 0 Å². The molecule has 1 spiro atoms. The van der Waals surface area contributed by atoms with Crippen molar-refractivity contribution in [3.8, 4) is 5.75 Å². The average molecular weight is 291 g/mol. The highest BCUT2D eigenvalue weighted by atomic mass is 35.5. The molecule has 108 valence electrons. The summed E-state index contributed by atoms with van der Waals surface area (Å²) in [5, 5.41) is 0.340. The molecule has 0 aliphatic heterocycles. The van der Waals surface area contributed by atoms with E-state index >= 15 is 0 Å². The summed E-state index contributed by atoms with van der Waals surface area (Å²) in [7, 11) is 0. The quantitative estimate of drug-likeness (QED) is 0.705. The topological polar surface area (TPSA) is 9.23 Å². The lowest BCUT2D eigenvalue weighted by molar-refractivity contribution is -0.0355. The smallest absolute Gasteiger partial charge is 0.120 e. The van der Waals surface area contributed by atoms with Gasteiger partial charge in [-0.05, 0) is 61.8 Å². The predicted molar refractivity (Wildman–Crippen MR) is 82.7 cm³/mol. The van der Waals surface area contributed by atoms with Gasteiger partial charge in [0.1, 0.15) is 11.9 Å². The lowest BCUT2D eigenvalue weighted by Crippen LogP contribution is -2.55. The van der Waals surface area contributed by atoms with Gasteiger partial charge in [-0.25, -0.2) is 0 Å². The third-order valence-electron chi connectivity index (χ3n) is 5.82. The SMILES string of the molecule is ClC1CC(Oc2ccc3c(c2)CCCC3)C12CCCC2. The maximum absolute atomic E-state index is 6.51. The van der Waals surface area contributed by atoms with E-state index in [1.807, 2.05) is 0 Å².